The molecule has 0 unspecified atom stereocenters. The molecule has 7 heteroatoms. The Morgan fingerprint density at radius 2 is 2.41 bits per heavy atom. The minimum absolute atomic E-state index is 0.462. The normalized spacial score (nSPS) is 9.88. The fraction of sp³-hybridized carbons (Fsp3) is 0.300. The second kappa shape index (κ2) is 5.03. The number of aromatic nitrogens is 4. The maximum absolute atomic E-state index is 8.84. The van der Waals surface area contributed by atoms with Crippen molar-refractivity contribution >= 4 is 5.82 Å². The molecule has 17 heavy (non-hydrogen) atoms. The van der Waals surface area contributed by atoms with E-state index in [0.29, 0.717) is 36.1 Å². The zero-order valence-corrected chi connectivity index (χ0v) is 9.21. The predicted octanol–water partition coefficient (Wildman–Crippen LogP) is 0.694. The van der Waals surface area contributed by atoms with Crippen molar-refractivity contribution in [2.45, 2.75) is 13.3 Å². The molecule has 0 spiro atoms. The van der Waals surface area contributed by atoms with Crippen molar-refractivity contribution in [1.82, 2.24) is 20.3 Å². The highest BCUT2D eigenvalue weighted by Crippen LogP contribution is 2.07. The molecule has 0 aromatic carbocycles. The average Bonchev–Trinajstić information content (AvgIpc) is 2.76. The SMILES string of the molecule is Cc1nc(CCNc2nnccc2C#N)no1. The lowest BCUT2D eigenvalue weighted by atomic mass is 10.3. The molecular formula is C10H10N6O. The number of nitriles is 1. The lowest BCUT2D eigenvalue weighted by Gasteiger charge is -2.03. The lowest BCUT2D eigenvalue weighted by Crippen LogP contribution is -2.09. The van der Waals surface area contributed by atoms with Gasteiger partial charge in [-0.2, -0.15) is 15.3 Å². The van der Waals surface area contributed by atoms with Crippen LogP contribution in [0.15, 0.2) is 16.8 Å². The summed E-state index contributed by atoms with van der Waals surface area (Å²) in [6.45, 7) is 2.30. The van der Waals surface area contributed by atoms with Crippen molar-refractivity contribution < 1.29 is 4.52 Å². The van der Waals surface area contributed by atoms with Crippen LogP contribution in [0.1, 0.15) is 17.3 Å². The van der Waals surface area contributed by atoms with Gasteiger partial charge >= 0.3 is 0 Å². The van der Waals surface area contributed by atoms with E-state index in [1.807, 2.05) is 6.07 Å². The molecule has 0 aliphatic carbocycles. The van der Waals surface area contributed by atoms with Gasteiger partial charge in [-0.15, -0.1) is 5.10 Å². The standard InChI is InChI=1S/C10H10N6O/c1-7-14-9(16-17-7)3-4-12-10-8(6-11)2-5-13-15-10/h2,5H,3-4H2,1H3,(H,12,15). The van der Waals surface area contributed by atoms with Crippen LogP contribution < -0.4 is 5.32 Å². The van der Waals surface area contributed by atoms with E-state index in [0.717, 1.165) is 0 Å². The summed E-state index contributed by atoms with van der Waals surface area (Å²) >= 11 is 0. The number of nitrogens with zero attached hydrogens (tertiary/aromatic N) is 5. The smallest absolute Gasteiger partial charge is 0.223 e. The zero-order chi connectivity index (χ0) is 12.1. The van der Waals surface area contributed by atoms with Crippen LogP contribution in [0.5, 0.6) is 0 Å². The van der Waals surface area contributed by atoms with Crippen molar-refractivity contribution in [2.24, 2.45) is 0 Å². The molecule has 0 fully saturated rings. The van der Waals surface area contributed by atoms with Crippen LogP contribution in [0.25, 0.3) is 0 Å². The van der Waals surface area contributed by atoms with Gasteiger partial charge in [-0.3, -0.25) is 0 Å². The highest BCUT2D eigenvalue weighted by atomic mass is 16.5. The Hall–Kier alpha value is -2.49. The molecule has 0 bridgehead atoms. The van der Waals surface area contributed by atoms with Crippen molar-refractivity contribution in [3.05, 3.63) is 29.5 Å². The first-order chi connectivity index (χ1) is 8.29. The summed E-state index contributed by atoms with van der Waals surface area (Å²) in [6.07, 6.45) is 2.07. The quantitative estimate of drug-likeness (QED) is 0.824. The van der Waals surface area contributed by atoms with Crippen LogP contribution in [-0.2, 0) is 6.42 Å². The Morgan fingerprint density at radius 1 is 1.53 bits per heavy atom. The Balaban J connectivity index is 1.92. The molecular weight excluding hydrogens is 220 g/mol. The summed E-state index contributed by atoms with van der Waals surface area (Å²) in [7, 11) is 0. The van der Waals surface area contributed by atoms with Gasteiger partial charge in [0.25, 0.3) is 0 Å². The van der Waals surface area contributed by atoms with E-state index in [1.54, 1.807) is 13.0 Å². The first-order valence-corrected chi connectivity index (χ1v) is 5.04. The Kier molecular flexibility index (Phi) is 3.25. The molecule has 2 heterocycles. The fourth-order valence-corrected chi connectivity index (χ4v) is 1.29. The molecule has 0 saturated heterocycles. The highest BCUT2D eigenvalue weighted by Gasteiger charge is 2.04. The topological polar surface area (TPSA) is 101 Å². The summed E-state index contributed by atoms with van der Waals surface area (Å²) in [5, 5.41) is 23.2. The van der Waals surface area contributed by atoms with Crippen LogP contribution in [0.4, 0.5) is 5.82 Å². The molecule has 0 saturated carbocycles. The van der Waals surface area contributed by atoms with Gasteiger partial charge in [0.15, 0.2) is 11.6 Å². The molecule has 86 valence electrons. The molecule has 2 aromatic heterocycles. The van der Waals surface area contributed by atoms with E-state index in [4.69, 9.17) is 9.78 Å². The van der Waals surface area contributed by atoms with Crippen molar-refractivity contribution in [3.8, 4) is 6.07 Å². The molecule has 0 radical (unpaired) electrons. The zero-order valence-electron chi connectivity index (χ0n) is 9.21. The van der Waals surface area contributed by atoms with Gasteiger partial charge in [-0.25, -0.2) is 0 Å². The van der Waals surface area contributed by atoms with Crippen molar-refractivity contribution in [3.63, 3.8) is 0 Å². The maximum Gasteiger partial charge on any atom is 0.223 e. The second-order valence-electron chi connectivity index (χ2n) is 3.31. The number of hydrogen-bond acceptors (Lipinski definition) is 7. The third kappa shape index (κ3) is 2.75. The highest BCUT2D eigenvalue weighted by molar-refractivity contribution is 5.49. The third-order valence-corrected chi connectivity index (χ3v) is 2.05. The van der Waals surface area contributed by atoms with Gasteiger partial charge in [0.1, 0.15) is 6.07 Å². The summed E-state index contributed by atoms with van der Waals surface area (Å²) < 4.78 is 4.84. The van der Waals surface area contributed by atoms with Gasteiger partial charge in [-0.05, 0) is 6.07 Å². The Labute approximate surface area is 97.5 Å². The number of rotatable bonds is 4. The molecule has 2 aromatic rings. The van der Waals surface area contributed by atoms with Crippen LogP contribution in [0.3, 0.4) is 0 Å². The van der Waals surface area contributed by atoms with E-state index in [1.165, 1.54) is 6.20 Å². The summed E-state index contributed by atoms with van der Waals surface area (Å²) in [5.41, 5.74) is 0.462. The maximum atomic E-state index is 8.84. The number of aryl methyl sites for hydroxylation is 1. The van der Waals surface area contributed by atoms with Gasteiger partial charge in [0.05, 0.1) is 11.8 Å². The van der Waals surface area contributed by atoms with Gasteiger partial charge < -0.3 is 9.84 Å². The molecule has 0 aliphatic rings. The first kappa shape index (κ1) is 11.0. The van der Waals surface area contributed by atoms with E-state index in [2.05, 4.69) is 25.7 Å². The van der Waals surface area contributed by atoms with E-state index >= 15 is 0 Å². The summed E-state index contributed by atoms with van der Waals surface area (Å²) in [4.78, 5) is 4.07. The van der Waals surface area contributed by atoms with E-state index < -0.39 is 0 Å². The van der Waals surface area contributed by atoms with Gasteiger partial charge in [0, 0.05) is 19.9 Å². The molecule has 2 rings (SSSR count). The van der Waals surface area contributed by atoms with E-state index in [-0.39, 0.29) is 0 Å². The number of hydrogen-bond donors (Lipinski definition) is 1. The Bertz CT molecular complexity index is 544. The fourth-order valence-electron chi connectivity index (χ4n) is 1.29. The van der Waals surface area contributed by atoms with Crippen LogP contribution in [0.2, 0.25) is 0 Å². The molecule has 0 amide bonds. The molecule has 1 N–H and O–H groups in total. The van der Waals surface area contributed by atoms with Crippen molar-refractivity contribution in [2.75, 3.05) is 11.9 Å². The largest absolute Gasteiger partial charge is 0.367 e. The lowest BCUT2D eigenvalue weighted by molar-refractivity contribution is 0.387. The monoisotopic (exact) mass is 230 g/mol. The molecule has 7 nitrogen and oxygen atoms in total. The molecule has 0 atom stereocenters. The minimum atomic E-state index is 0.462. The van der Waals surface area contributed by atoms with Gasteiger partial charge in [0.2, 0.25) is 5.89 Å². The third-order valence-electron chi connectivity index (χ3n) is 2.05. The van der Waals surface area contributed by atoms with Crippen LogP contribution in [0, 0.1) is 18.3 Å². The van der Waals surface area contributed by atoms with E-state index in [9.17, 15) is 0 Å². The van der Waals surface area contributed by atoms with Crippen LogP contribution in [-0.4, -0.2) is 26.9 Å². The number of nitrogens with one attached hydrogen (secondary N) is 1. The second-order valence-corrected chi connectivity index (χ2v) is 3.31. The number of anilines is 1. The van der Waals surface area contributed by atoms with Crippen LogP contribution >= 0.6 is 0 Å². The summed E-state index contributed by atoms with van der Waals surface area (Å²) in [6, 6.07) is 3.64. The molecule has 0 aliphatic heterocycles. The average molecular weight is 230 g/mol. The summed E-state index contributed by atoms with van der Waals surface area (Å²) in [5.74, 6) is 1.63. The van der Waals surface area contributed by atoms with Gasteiger partial charge in [-0.1, -0.05) is 5.16 Å². The predicted molar refractivity (Wildman–Crippen MR) is 58.0 cm³/mol. The minimum Gasteiger partial charge on any atom is -0.367 e. The van der Waals surface area contributed by atoms with Crippen molar-refractivity contribution in [1.29, 1.82) is 5.26 Å². The first-order valence-electron chi connectivity index (χ1n) is 5.04. The Morgan fingerprint density at radius 3 is 3.12 bits per heavy atom.